The van der Waals surface area contributed by atoms with Crippen LogP contribution in [0.1, 0.15) is 65.9 Å². The number of methoxy groups -OCH3 is 2. The Morgan fingerprint density at radius 2 is 1.73 bits per heavy atom. The van der Waals surface area contributed by atoms with Gasteiger partial charge in [0.15, 0.2) is 0 Å². The molecule has 1 aliphatic rings. The molecule has 12 nitrogen and oxygen atoms in total. The van der Waals surface area contributed by atoms with Gasteiger partial charge >= 0.3 is 7.60 Å². The number of rotatable bonds is 17. The van der Waals surface area contributed by atoms with E-state index in [1.165, 1.54) is 14.2 Å². The van der Waals surface area contributed by atoms with E-state index in [9.17, 15) is 28.7 Å². The van der Waals surface area contributed by atoms with Gasteiger partial charge in [0.25, 0.3) is 0 Å². The Kier molecular flexibility index (Phi) is 15.1. The summed E-state index contributed by atoms with van der Waals surface area (Å²) in [7, 11) is 0.0298. The maximum absolute atomic E-state index is 13.9. The van der Waals surface area contributed by atoms with E-state index in [2.05, 4.69) is 5.32 Å². The molecule has 1 aromatic carbocycles. The van der Waals surface area contributed by atoms with Crippen LogP contribution in [0, 0.1) is 17.8 Å². The number of carbonyl (C=O) groups is 3. The molecule has 5 N–H and O–H groups in total. The molecule has 45 heavy (non-hydrogen) atoms. The lowest BCUT2D eigenvalue weighted by Gasteiger charge is -2.40. The van der Waals surface area contributed by atoms with Gasteiger partial charge in [0, 0.05) is 34.2 Å². The second-order valence-electron chi connectivity index (χ2n) is 12.7. The summed E-state index contributed by atoms with van der Waals surface area (Å²) in [5, 5.41) is 2.55. The number of carbonyl (C=O) groups excluding carboxylic acids is 3. The van der Waals surface area contributed by atoms with E-state index in [0.717, 1.165) is 6.42 Å². The smallest absolute Gasteiger partial charge is 0.347 e. The Morgan fingerprint density at radius 1 is 1.11 bits per heavy atom. The van der Waals surface area contributed by atoms with Crippen LogP contribution >= 0.6 is 7.60 Å². The molecule has 1 aromatic rings. The fourth-order valence-electron chi connectivity index (χ4n) is 6.21. The number of hydrogen-bond acceptors (Lipinski definition) is 7. The maximum Gasteiger partial charge on any atom is 0.347 e. The van der Waals surface area contributed by atoms with Gasteiger partial charge < -0.3 is 40.1 Å². The average molecular weight is 655 g/mol. The highest BCUT2D eigenvalue weighted by atomic mass is 31.2. The molecule has 13 heteroatoms. The largest absolute Gasteiger partial charge is 0.379 e. The fraction of sp³-hybridized carbons (Fsp3) is 0.719. The zero-order chi connectivity index (χ0) is 34.1. The van der Waals surface area contributed by atoms with E-state index < -0.39 is 49.5 Å². The quantitative estimate of drug-likeness (QED) is 0.184. The van der Waals surface area contributed by atoms with Gasteiger partial charge in [-0.05, 0) is 30.2 Å². The zero-order valence-electron chi connectivity index (χ0n) is 28.1. The number of amides is 3. The molecule has 1 heterocycles. The number of nitrogens with zero attached hydrogens (tertiary/aromatic N) is 2. The van der Waals surface area contributed by atoms with Crippen LogP contribution in [-0.4, -0.2) is 101 Å². The van der Waals surface area contributed by atoms with Crippen molar-refractivity contribution in [2.45, 2.75) is 103 Å². The number of nitrogens with one attached hydrogen (secondary N) is 1. The molecule has 0 aliphatic carbocycles. The highest BCUT2D eigenvalue weighted by Gasteiger charge is 2.43. The summed E-state index contributed by atoms with van der Waals surface area (Å²) in [6.07, 6.45) is 0.739. The molecule has 3 amide bonds. The van der Waals surface area contributed by atoms with Crippen molar-refractivity contribution in [2.75, 3.05) is 27.8 Å². The lowest BCUT2D eigenvalue weighted by molar-refractivity contribution is -0.146. The molecule has 0 radical (unpaired) electrons. The molecule has 0 spiro atoms. The summed E-state index contributed by atoms with van der Waals surface area (Å²) in [6.45, 7) is 9.93. The van der Waals surface area contributed by atoms with Crippen LogP contribution in [-0.2, 0) is 34.8 Å². The zero-order valence-corrected chi connectivity index (χ0v) is 29.0. The van der Waals surface area contributed by atoms with Crippen LogP contribution < -0.4 is 11.1 Å². The number of likely N-dealkylation sites (tertiary alicyclic amines) is 1. The van der Waals surface area contributed by atoms with E-state index in [1.54, 1.807) is 54.1 Å². The van der Waals surface area contributed by atoms with Crippen molar-refractivity contribution in [1.82, 2.24) is 15.1 Å². The third-order valence-corrected chi connectivity index (χ3v) is 10.4. The van der Waals surface area contributed by atoms with E-state index >= 15 is 0 Å². The van der Waals surface area contributed by atoms with Crippen molar-refractivity contribution in [1.29, 1.82) is 0 Å². The van der Waals surface area contributed by atoms with Gasteiger partial charge in [-0.15, -0.1) is 0 Å². The van der Waals surface area contributed by atoms with E-state index in [-0.39, 0.29) is 42.5 Å². The van der Waals surface area contributed by atoms with Crippen molar-refractivity contribution in [3.63, 3.8) is 0 Å². The molecule has 1 fully saturated rings. The molecule has 1 aliphatic heterocycles. The Balaban J connectivity index is 2.23. The normalized spacial score (nSPS) is 20.2. The van der Waals surface area contributed by atoms with Crippen molar-refractivity contribution >= 4 is 25.3 Å². The summed E-state index contributed by atoms with van der Waals surface area (Å²) in [6, 6.07) is 7.31. The van der Waals surface area contributed by atoms with Gasteiger partial charge in [-0.2, -0.15) is 0 Å². The van der Waals surface area contributed by atoms with E-state index in [4.69, 9.17) is 15.2 Å². The van der Waals surface area contributed by atoms with Crippen molar-refractivity contribution in [2.24, 2.45) is 23.5 Å². The summed E-state index contributed by atoms with van der Waals surface area (Å²) in [4.78, 5) is 63.8. The van der Waals surface area contributed by atoms with Crippen molar-refractivity contribution in [3.05, 3.63) is 35.9 Å². The lowest BCUT2D eigenvalue weighted by atomic mass is 9.89. The Labute approximate surface area is 268 Å². The monoisotopic (exact) mass is 654 g/mol. The van der Waals surface area contributed by atoms with Crippen LogP contribution in [0.4, 0.5) is 0 Å². The fourth-order valence-corrected chi connectivity index (χ4v) is 6.96. The highest BCUT2D eigenvalue weighted by Crippen LogP contribution is 2.41. The third-order valence-electron chi connectivity index (χ3n) is 9.25. The van der Waals surface area contributed by atoms with Crippen molar-refractivity contribution < 1.29 is 38.2 Å². The topological polar surface area (TPSA) is 172 Å². The first kappa shape index (κ1) is 38.8. The summed E-state index contributed by atoms with van der Waals surface area (Å²) in [5.41, 5.74) is 6.87. The second-order valence-corrected chi connectivity index (χ2v) is 14.5. The minimum atomic E-state index is -4.68. The second kappa shape index (κ2) is 17.5. The molecule has 1 saturated heterocycles. The van der Waals surface area contributed by atoms with Gasteiger partial charge in [-0.1, -0.05) is 71.4 Å². The first-order chi connectivity index (χ1) is 21.1. The van der Waals surface area contributed by atoms with Gasteiger partial charge in [-0.3, -0.25) is 18.9 Å². The minimum absolute atomic E-state index is 0.0188. The molecule has 0 saturated carbocycles. The number of hydrogen-bond donors (Lipinski definition) is 4. The molecule has 1 unspecified atom stereocenters. The molecule has 2 rings (SSSR count). The Bertz CT molecular complexity index is 1150. The molecule has 0 aromatic heterocycles. The molecule has 0 bridgehead atoms. The van der Waals surface area contributed by atoms with E-state index in [1.807, 2.05) is 27.7 Å². The maximum atomic E-state index is 13.9. The number of likely N-dealkylation sites (N-methyl/N-ethyl adjacent to an activating group) is 1. The van der Waals surface area contributed by atoms with Gasteiger partial charge in [-0.25, -0.2) is 0 Å². The third kappa shape index (κ3) is 10.3. The Morgan fingerprint density at radius 3 is 2.24 bits per heavy atom. The van der Waals surface area contributed by atoms with E-state index in [0.29, 0.717) is 24.9 Å². The van der Waals surface area contributed by atoms with Gasteiger partial charge in [0.2, 0.25) is 17.7 Å². The van der Waals surface area contributed by atoms with Crippen LogP contribution in [0.2, 0.25) is 0 Å². The van der Waals surface area contributed by atoms with Gasteiger partial charge in [0.1, 0.15) is 5.78 Å². The minimum Gasteiger partial charge on any atom is -0.379 e. The average Bonchev–Trinajstić information content (AvgIpc) is 3.49. The summed E-state index contributed by atoms with van der Waals surface area (Å²) in [5.74, 6) is -3.20. The molecular formula is C32H55N4O8P. The SMILES string of the molecule is CC[C@H](C)[C@@H]([C@@H](CC(=O)N1CCC[C@H]1[C@H](OC)[C@@H](C)C(=O)NC(Cc1ccccc1)P(=O)(O)O)OC)N(C)C(=O)[C@@H](N)C(C)C. The van der Waals surface area contributed by atoms with Crippen LogP contribution in [0.25, 0.3) is 0 Å². The molecule has 8 atom stereocenters. The summed E-state index contributed by atoms with van der Waals surface area (Å²) < 4.78 is 23.9. The predicted molar refractivity (Wildman–Crippen MR) is 173 cm³/mol. The predicted octanol–water partition coefficient (Wildman–Crippen LogP) is 2.75. The van der Waals surface area contributed by atoms with Gasteiger partial charge in [0.05, 0.1) is 42.7 Å². The Hall–Kier alpha value is -2.34. The highest BCUT2D eigenvalue weighted by molar-refractivity contribution is 7.52. The number of nitrogens with two attached hydrogens (primary N) is 1. The van der Waals surface area contributed by atoms with Crippen LogP contribution in [0.3, 0.4) is 0 Å². The number of ether oxygens (including phenoxy) is 2. The van der Waals surface area contributed by atoms with Crippen molar-refractivity contribution in [3.8, 4) is 0 Å². The van der Waals surface area contributed by atoms with Crippen LogP contribution in [0.5, 0.6) is 0 Å². The standard InChI is InChI=1S/C32H55N4O8P/c1-9-21(4)29(35(6)32(39)28(33)20(2)3)25(43-7)19-27(37)36-17-13-16-24(36)30(44-8)22(5)31(38)34-26(45(40,41)42)18-23-14-11-10-12-15-23/h10-12,14-15,20-22,24-26,28-30H,9,13,16-19,33H2,1-8H3,(H,34,38)(H2,40,41,42)/t21-,22+,24-,25+,26?,28-,29-,30+/m0/s1. The molecule has 256 valence electrons. The lowest BCUT2D eigenvalue weighted by Crippen LogP contribution is -2.56. The number of benzene rings is 1. The first-order valence-corrected chi connectivity index (χ1v) is 17.5. The first-order valence-electron chi connectivity index (χ1n) is 15.9. The summed E-state index contributed by atoms with van der Waals surface area (Å²) >= 11 is 0. The van der Waals surface area contributed by atoms with Crippen LogP contribution in [0.15, 0.2) is 30.3 Å². The molecular weight excluding hydrogens is 599 g/mol.